The molecule has 38 heavy (non-hydrogen) atoms. The van der Waals surface area contributed by atoms with E-state index in [9.17, 15) is 8.42 Å². The quantitative estimate of drug-likeness (QED) is 0.384. The molecule has 0 spiro atoms. The summed E-state index contributed by atoms with van der Waals surface area (Å²) in [5.74, 6) is -0.325. The van der Waals surface area contributed by atoms with Gasteiger partial charge in [-0.05, 0) is 23.3 Å². The molecule has 0 N–H and O–H groups in total. The molecule has 0 radical (unpaired) electrons. The molecule has 2 heterocycles. The van der Waals surface area contributed by atoms with Crippen LogP contribution in [0.15, 0.2) is 95.9 Å². The Morgan fingerprint density at radius 2 is 1.32 bits per heavy atom. The summed E-state index contributed by atoms with van der Waals surface area (Å²) in [5.41, 5.74) is 1.98. The number of ether oxygens (including phenoxy) is 6. The third-order valence-electron chi connectivity index (χ3n) is 6.61. The second-order valence-electron chi connectivity index (χ2n) is 9.26. The maximum Gasteiger partial charge on any atom is 0.186 e. The van der Waals surface area contributed by atoms with Crippen molar-refractivity contribution in [3.05, 3.63) is 102 Å². The van der Waals surface area contributed by atoms with Gasteiger partial charge in [-0.2, -0.15) is 0 Å². The van der Waals surface area contributed by atoms with Crippen molar-refractivity contribution in [1.82, 2.24) is 0 Å². The first-order valence-corrected chi connectivity index (χ1v) is 14.2. The Kier molecular flexibility index (Phi) is 8.86. The van der Waals surface area contributed by atoms with Gasteiger partial charge in [-0.3, -0.25) is 0 Å². The normalized spacial score (nSPS) is 27.5. The molecule has 1 unspecified atom stereocenters. The van der Waals surface area contributed by atoms with Gasteiger partial charge in [-0.25, -0.2) is 8.42 Å². The van der Waals surface area contributed by atoms with Crippen LogP contribution in [0.25, 0.3) is 0 Å². The third kappa shape index (κ3) is 6.50. The molecule has 202 valence electrons. The fourth-order valence-corrected chi connectivity index (χ4v) is 5.97. The van der Waals surface area contributed by atoms with Gasteiger partial charge < -0.3 is 28.4 Å². The molecule has 2 fully saturated rings. The Bertz CT molecular complexity index is 1240. The number of benzene rings is 3. The smallest absolute Gasteiger partial charge is 0.186 e. The minimum absolute atomic E-state index is 0.135. The Labute approximate surface area is 223 Å². The Morgan fingerprint density at radius 1 is 0.763 bits per heavy atom. The van der Waals surface area contributed by atoms with E-state index >= 15 is 0 Å². The van der Waals surface area contributed by atoms with E-state index < -0.39 is 46.8 Å². The highest BCUT2D eigenvalue weighted by Crippen LogP contribution is 2.34. The minimum atomic E-state index is -3.63. The topological polar surface area (TPSA) is 89.5 Å². The van der Waals surface area contributed by atoms with E-state index in [1.54, 1.807) is 37.4 Å². The summed E-state index contributed by atoms with van der Waals surface area (Å²) in [6, 6.07) is 27.9. The third-order valence-corrected chi connectivity index (χ3v) is 8.31. The lowest BCUT2D eigenvalue weighted by Gasteiger charge is -2.48. The molecule has 0 bridgehead atoms. The molecule has 0 saturated carbocycles. The van der Waals surface area contributed by atoms with Crippen molar-refractivity contribution in [1.29, 1.82) is 0 Å². The predicted octanol–water partition coefficient (Wildman–Crippen LogP) is 3.74. The summed E-state index contributed by atoms with van der Waals surface area (Å²) in [5, 5.41) is 0. The fourth-order valence-electron chi connectivity index (χ4n) is 4.67. The van der Waals surface area contributed by atoms with Crippen LogP contribution in [-0.4, -0.2) is 64.9 Å². The van der Waals surface area contributed by atoms with E-state index in [0.717, 1.165) is 11.1 Å². The first kappa shape index (κ1) is 27.0. The van der Waals surface area contributed by atoms with Crippen LogP contribution in [0.4, 0.5) is 0 Å². The van der Waals surface area contributed by atoms with Gasteiger partial charge in [0.05, 0.1) is 24.7 Å². The maximum atomic E-state index is 13.0. The van der Waals surface area contributed by atoms with Crippen molar-refractivity contribution >= 4 is 9.84 Å². The van der Waals surface area contributed by atoms with Crippen molar-refractivity contribution in [3.8, 4) is 0 Å². The van der Waals surface area contributed by atoms with E-state index in [-0.39, 0.29) is 17.3 Å². The minimum Gasteiger partial charge on any atom is -0.368 e. The van der Waals surface area contributed by atoms with Crippen LogP contribution < -0.4 is 0 Å². The van der Waals surface area contributed by atoms with Crippen molar-refractivity contribution in [2.45, 2.75) is 55.1 Å². The molecular formula is C29H32O8S. The van der Waals surface area contributed by atoms with Crippen LogP contribution in [0.5, 0.6) is 0 Å². The lowest BCUT2D eigenvalue weighted by Crippen LogP contribution is -2.64. The highest BCUT2D eigenvalue weighted by Gasteiger charge is 2.51. The molecule has 2 aliphatic rings. The maximum absolute atomic E-state index is 13.0. The zero-order valence-electron chi connectivity index (χ0n) is 21.1. The summed E-state index contributed by atoms with van der Waals surface area (Å²) in [6.45, 7) is 0.767. The number of hydrogen-bond donors (Lipinski definition) is 0. The molecule has 0 aromatic heterocycles. The van der Waals surface area contributed by atoms with Crippen LogP contribution >= 0.6 is 0 Å². The van der Waals surface area contributed by atoms with Crippen molar-refractivity contribution in [2.24, 2.45) is 0 Å². The highest BCUT2D eigenvalue weighted by molar-refractivity contribution is 7.91. The first-order chi connectivity index (χ1) is 18.5. The number of rotatable bonds is 10. The molecule has 9 heteroatoms. The summed E-state index contributed by atoms with van der Waals surface area (Å²) in [4.78, 5) is 0.217. The predicted molar refractivity (Wildman–Crippen MR) is 139 cm³/mol. The zero-order valence-corrected chi connectivity index (χ0v) is 21.9. The molecule has 6 atom stereocenters. The van der Waals surface area contributed by atoms with Crippen LogP contribution in [0.1, 0.15) is 11.1 Å². The van der Waals surface area contributed by atoms with Crippen molar-refractivity contribution in [2.75, 3.05) is 19.5 Å². The van der Waals surface area contributed by atoms with Crippen molar-refractivity contribution in [3.63, 3.8) is 0 Å². The number of hydrogen-bond acceptors (Lipinski definition) is 8. The van der Waals surface area contributed by atoms with Crippen LogP contribution in [0.3, 0.4) is 0 Å². The van der Waals surface area contributed by atoms with Gasteiger partial charge in [-0.1, -0.05) is 78.9 Å². The summed E-state index contributed by atoms with van der Waals surface area (Å²) in [6.07, 6.45) is -4.09. The van der Waals surface area contributed by atoms with E-state index in [1.807, 2.05) is 60.7 Å². The first-order valence-electron chi connectivity index (χ1n) is 12.6. The number of fused-ring (bicyclic) bond motifs is 1. The van der Waals surface area contributed by atoms with E-state index in [4.69, 9.17) is 28.4 Å². The molecule has 0 aliphatic carbocycles. The Hall–Kier alpha value is -2.63. The number of sulfone groups is 1. The summed E-state index contributed by atoms with van der Waals surface area (Å²) < 4.78 is 62.6. The lowest BCUT2D eigenvalue weighted by molar-refractivity contribution is -0.363. The van der Waals surface area contributed by atoms with Crippen LogP contribution in [0, 0.1) is 0 Å². The van der Waals surface area contributed by atoms with Gasteiger partial charge in [0.25, 0.3) is 0 Å². The van der Waals surface area contributed by atoms with Gasteiger partial charge >= 0.3 is 0 Å². The molecule has 5 rings (SSSR count). The molecule has 3 aromatic rings. The molecular weight excluding hydrogens is 508 g/mol. The zero-order chi connectivity index (χ0) is 26.4. The standard InChI is InChI=1S/C29H32O8S/c1-32-29-28(35-18-22-13-7-3-8-14-22)27(34-17-21-11-5-2-6-12-21)26-24(36-29)19-33-25(37-26)20-38(30,31)23-15-9-4-10-16-23/h2-16,24-29H,17-20H2,1H3/t24-,25?,26-,27+,28+,29+/m1/s1. The monoisotopic (exact) mass is 540 g/mol. The molecule has 2 aliphatic heterocycles. The largest absolute Gasteiger partial charge is 0.368 e. The fraction of sp³-hybridized carbons (Fsp3) is 0.379. The Morgan fingerprint density at radius 3 is 1.89 bits per heavy atom. The van der Waals surface area contributed by atoms with E-state index in [2.05, 4.69) is 0 Å². The average Bonchev–Trinajstić information content (AvgIpc) is 2.96. The van der Waals surface area contributed by atoms with E-state index in [0.29, 0.717) is 13.2 Å². The van der Waals surface area contributed by atoms with Crippen LogP contribution in [-0.2, 0) is 51.5 Å². The van der Waals surface area contributed by atoms with Gasteiger partial charge in [0.1, 0.15) is 30.2 Å². The van der Waals surface area contributed by atoms with Gasteiger partial charge in [0, 0.05) is 7.11 Å². The van der Waals surface area contributed by atoms with Gasteiger partial charge in [0.15, 0.2) is 22.4 Å². The second kappa shape index (κ2) is 12.5. The van der Waals surface area contributed by atoms with Crippen LogP contribution in [0.2, 0.25) is 0 Å². The average molecular weight is 541 g/mol. The van der Waals surface area contributed by atoms with Crippen molar-refractivity contribution < 1.29 is 36.8 Å². The molecule has 3 aromatic carbocycles. The van der Waals surface area contributed by atoms with Gasteiger partial charge in [-0.15, -0.1) is 0 Å². The summed E-state index contributed by atoms with van der Waals surface area (Å²) >= 11 is 0. The molecule has 0 amide bonds. The molecule has 8 nitrogen and oxygen atoms in total. The molecule has 2 saturated heterocycles. The van der Waals surface area contributed by atoms with E-state index in [1.165, 1.54) is 0 Å². The summed E-state index contributed by atoms with van der Waals surface area (Å²) in [7, 11) is -2.08. The second-order valence-corrected chi connectivity index (χ2v) is 11.3. The Balaban J connectivity index is 1.36. The lowest BCUT2D eigenvalue weighted by atomic mass is 9.97. The SMILES string of the molecule is CO[C@H]1O[C@@H]2COC(CS(=O)(=O)c3ccccc3)O[C@H]2[C@H](OCc2ccccc2)[C@@H]1OCc1ccccc1. The highest BCUT2D eigenvalue weighted by atomic mass is 32.2. The van der Waals surface area contributed by atoms with Gasteiger partial charge in [0.2, 0.25) is 0 Å². The number of methoxy groups -OCH3 is 1.